The van der Waals surface area contributed by atoms with Crippen molar-refractivity contribution >= 4 is 0 Å². The lowest BCUT2D eigenvalue weighted by Gasteiger charge is -2.32. The number of aliphatic hydroxyl groups is 2. The molecule has 4 nitrogen and oxygen atoms in total. The molecule has 1 aliphatic rings. The van der Waals surface area contributed by atoms with Crippen molar-refractivity contribution < 1.29 is 10.2 Å². The highest BCUT2D eigenvalue weighted by atomic mass is 16.3. The summed E-state index contributed by atoms with van der Waals surface area (Å²) >= 11 is 0. The monoisotopic (exact) mass is 202 g/mol. The second-order valence-corrected chi connectivity index (χ2v) is 4.51. The van der Waals surface area contributed by atoms with Crippen molar-refractivity contribution in [3.8, 4) is 0 Å². The fraction of sp³-hybridized carbons (Fsp3) is 1.00. The summed E-state index contributed by atoms with van der Waals surface area (Å²) in [6.45, 7) is 4.71. The molecule has 0 aromatic carbocycles. The Labute approximate surface area is 85.9 Å². The van der Waals surface area contributed by atoms with Gasteiger partial charge in [0.15, 0.2) is 0 Å². The standard InChI is InChI=1S/C10H22N2O2/c1-10(8-13,9-14)7-11-12-5-3-2-4-6-12/h11,13-14H,2-9H2,1H3. The number of nitrogens with zero attached hydrogens (tertiary/aromatic N) is 1. The quantitative estimate of drug-likeness (QED) is 0.586. The zero-order valence-electron chi connectivity index (χ0n) is 9.00. The van der Waals surface area contributed by atoms with Crippen LogP contribution in [0.25, 0.3) is 0 Å². The summed E-state index contributed by atoms with van der Waals surface area (Å²) in [5.41, 5.74) is 2.87. The summed E-state index contributed by atoms with van der Waals surface area (Å²) < 4.78 is 0. The van der Waals surface area contributed by atoms with Crippen LogP contribution in [-0.2, 0) is 0 Å². The van der Waals surface area contributed by atoms with Gasteiger partial charge in [0.2, 0.25) is 0 Å². The highest BCUT2D eigenvalue weighted by molar-refractivity contribution is 4.74. The molecule has 1 heterocycles. The molecule has 0 amide bonds. The van der Waals surface area contributed by atoms with Gasteiger partial charge in [-0.25, -0.2) is 5.01 Å². The van der Waals surface area contributed by atoms with Gasteiger partial charge in [-0.05, 0) is 12.8 Å². The molecule has 0 saturated carbocycles. The average molecular weight is 202 g/mol. The summed E-state index contributed by atoms with van der Waals surface area (Å²) in [6, 6.07) is 0. The van der Waals surface area contributed by atoms with E-state index in [9.17, 15) is 0 Å². The van der Waals surface area contributed by atoms with Gasteiger partial charge in [0.1, 0.15) is 0 Å². The number of rotatable bonds is 5. The van der Waals surface area contributed by atoms with Gasteiger partial charge in [-0.1, -0.05) is 13.3 Å². The van der Waals surface area contributed by atoms with Gasteiger partial charge >= 0.3 is 0 Å². The van der Waals surface area contributed by atoms with E-state index in [0.29, 0.717) is 6.54 Å². The average Bonchev–Trinajstić information content (AvgIpc) is 2.27. The molecule has 1 saturated heterocycles. The van der Waals surface area contributed by atoms with E-state index in [1.165, 1.54) is 19.3 Å². The molecule has 0 bridgehead atoms. The normalized spacial score (nSPS) is 19.9. The topological polar surface area (TPSA) is 55.7 Å². The molecule has 1 aliphatic heterocycles. The summed E-state index contributed by atoms with van der Waals surface area (Å²) in [5, 5.41) is 20.4. The SMILES string of the molecule is CC(CO)(CO)CNN1CCCCC1. The van der Waals surface area contributed by atoms with Crippen LogP contribution >= 0.6 is 0 Å². The minimum absolute atomic E-state index is 0.0182. The molecule has 0 aliphatic carbocycles. The molecule has 14 heavy (non-hydrogen) atoms. The molecular weight excluding hydrogens is 180 g/mol. The van der Waals surface area contributed by atoms with Crippen molar-refractivity contribution in [1.82, 2.24) is 10.4 Å². The smallest absolute Gasteiger partial charge is 0.0519 e. The third-order valence-electron chi connectivity index (χ3n) is 2.85. The van der Waals surface area contributed by atoms with Crippen LogP contribution in [0.5, 0.6) is 0 Å². The number of hydrazine groups is 1. The van der Waals surface area contributed by atoms with Crippen LogP contribution in [0, 0.1) is 5.41 Å². The van der Waals surface area contributed by atoms with Crippen LogP contribution in [0.3, 0.4) is 0 Å². The zero-order chi connectivity index (χ0) is 10.4. The van der Waals surface area contributed by atoms with Gasteiger partial charge in [0.25, 0.3) is 0 Å². The first kappa shape index (κ1) is 11.9. The highest BCUT2D eigenvalue weighted by Crippen LogP contribution is 2.13. The molecule has 0 aromatic rings. The van der Waals surface area contributed by atoms with Crippen LogP contribution < -0.4 is 5.43 Å². The van der Waals surface area contributed by atoms with Crippen LogP contribution in [-0.4, -0.2) is 48.1 Å². The Morgan fingerprint density at radius 1 is 1.14 bits per heavy atom. The number of hydrogen-bond acceptors (Lipinski definition) is 4. The van der Waals surface area contributed by atoms with Crippen LogP contribution in [0.1, 0.15) is 26.2 Å². The van der Waals surface area contributed by atoms with E-state index in [2.05, 4.69) is 10.4 Å². The summed E-state index contributed by atoms with van der Waals surface area (Å²) in [7, 11) is 0. The molecule has 0 radical (unpaired) electrons. The molecule has 0 spiro atoms. The largest absolute Gasteiger partial charge is 0.396 e. The molecule has 0 atom stereocenters. The van der Waals surface area contributed by atoms with E-state index >= 15 is 0 Å². The van der Waals surface area contributed by atoms with E-state index < -0.39 is 5.41 Å². The molecule has 3 N–H and O–H groups in total. The number of aliphatic hydroxyl groups excluding tert-OH is 2. The van der Waals surface area contributed by atoms with Crippen molar-refractivity contribution in [3.63, 3.8) is 0 Å². The fourth-order valence-electron chi connectivity index (χ4n) is 1.52. The maximum Gasteiger partial charge on any atom is 0.0519 e. The Kier molecular flexibility index (Phi) is 4.81. The summed E-state index contributed by atoms with van der Waals surface area (Å²) in [5.74, 6) is 0. The number of piperidine rings is 1. The van der Waals surface area contributed by atoms with Crippen LogP contribution in [0.15, 0.2) is 0 Å². The first-order chi connectivity index (χ1) is 6.70. The lowest BCUT2D eigenvalue weighted by molar-refractivity contribution is 0.0402. The molecule has 1 rings (SSSR count). The molecule has 4 heteroatoms. The van der Waals surface area contributed by atoms with Crippen molar-refractivity contribution in [1.29, 1.82) is 0 Å². The Morgan fingerprint density at radius 3 is 2.21 bits per heavy atom. The fourth-order valence-corrected chi connectivity index (χ4v) is 1.52. The van der Waals surface area contributed by atoms with Crippen LogP contribution in [0.4, 0.5) is 0 Å². The van der Waals surface area contributed by atoms with Gasteiger partial charge in [-0.2, -0.15) is 0 Å². The van der Waals surface area contributed by atoms with Crippen molar-refractivity contribution in [2.24, 2.45) is 5.41 Å². The Balaban J connectivity index is 2.23. The lowest BCUT2D eigenvalue weighted by atomic mass is 9.93. The van der Waals surface area contributed by atoms with E-state index in [1.807, 2.05) is 6.92 Å². The zero-order valence-corrected chi connectivity index (χ0v) is 9.00. The highest BCUT2D eigenvalue weighted by Gasteiger charge is 2.23. The molecule has 0 aromatic heterocycles. The van der Waals surface area contributed by atoms with Gasteiger partial charge in [0.05, 0.1) is 13.2 Å². The second kappa shape index (κ2) is 5.66. The van der Waals surface area contributed by atoms with Crippen molar-refractivity contribution in [2.75, 3.05) is 32.8 Å². The van der Waals surface area contributed by atoms with Crippen LogP contribution in [0.2, 0.25) is 0 Å². The van der Waals surface area contributed by atoms with E-state index in [-0.39, 0.29) is 13.2 Å². The first-order valence-corrected chi connectivity index (χ1v) is 5.40. The maximum absolute atomic E-state index is 9.10. The maximum atomic E-state index is 9.10. The molecule has 1 fully saturated rings. The Hall–Kier alpha value is -0.160. The van der Waals surface area contributed by atoms with Crippen molar-refractivity contribution in [3.05, 3.63) is 0 Å². The predicted octanol–water partition coefficient (Wildman–Crippen LogP) is -0.0322. The van der Waals surface area contributed by atoms with Gasteiger partial charge in [0, 0.05) is 25.0 Å². The first-order valence-electron chi connectivity index (χ1n) is 5.40. The van der Waals surface area contributed by atoms with Gasteiger partial charge < -0.3 is 10.2 Å². The molecule has 0 unspecified atom stereocenters. The number of hydrogen-bond donors (Lipinski definition) is 3. The minimum atomic E-state index is -0.405. The van der Waals surface area contributed by atoms with Gasteiger partial charge in [-0.15, -0.1) is 0 Å². The Morgan fingerprint density at radius 2 is 1.71 bits per heavy atom. The third-order valence-corrected chi connectivity index (χ3v) is 2.85. The lowest BCUT2D eigenvalue weighted by Crippen LogP contribution is -2.48. The third kappa shape index (κ3) is 3.53. The second-order valence-electron chi connectivity index (χ2n) is 4.51. The van der Waals surface area contributed by atoms with E-state index in [0.717, 1.165) is 13.1 Å². The number of nitrogens with one attached hydrogen (secondary N) is 1. The molecule has 84 valence electrons. The minimum Gasteiger partial charge on any atom is -0.396 e. The van der Waals surface area contributed by atoms with E-state index in [4.69, 9.17) is 10.2 Å². The Bertz CT molecular complexity index is 154. The molecular formula is C10H22N2O2. The summed E-state index contributed by atoms with van der Waals surface area (Å²) in [4.78, 5) is 0. The van der Waals surface area contributed by atoms with Gasteiger partial charge in [-0.3, -0.25) is 5.43 Å². The summed E-state index contributed by atoms with van der Waals surface area (Å²) in [6.07, 6.45) is 3.79. The predicted molar refractivity (Wildman–Crippen MR) is 55.7 cm³/mol. The van der Waals surface area contributed by atoms with Crippen molar-refractivity contribution in [2.45, 2.75) is 26.2 Å². The van der Waals surface area contributed by atoms with E-state index in [1.54, 1.807) is 0 Å².